The monoisotopic (exact) mass is 245 g/mol. The van der Waals surface area contributed by atoms with Crippen LogP contribution in [-0.4, -0.2) is 67.3 Å². The lowest BCUT2D eigenvalue weighted by molar-refractivity contribution is -0.144. The summed E-state index contributed by atoms with van der Waals surface area (Å²) < 4.78 is 4.27. The SMILES string of the molecule is COC(=O)NC(=O)CN1CCNCC1C(=O)O. The van der Waals surface area contributed by atoms with E-state index in [1.54, 1.807) is 0 Å². The molecular formula is C9H15N3O5. The van der Waals surface area contributed by atoms with Crippen LogP contribution < -0.4 is 10.6 Å². The van der Waals surface area contributed by atoms with E-state index in [0.717, 1.165) is 7.11 Å². The molecule has 96 valence electrons. The van der Waals surface area contributed by atoms with Gasteiger partial charge in [-0.2, -0.15) is 0 Å². The van der Waals surface area contributed by atoms with Gasteiger partial charge in [-0.1, -0.05) is 0 Å². The number of imide groups is 1. The van der Waals surface area contributed by atoms with Gasteiger partial charge in [0.2, 0.25) is 5.91 Å². The van der Waals surface area contributed by atoms with Crippen LogP contribution in [0.5, 0.6) is 0 Å². The number of carboxylic acids is 1. The average Bonchev–Trinajstić information content (AvgIpc) is 2.29. The number of nitrogens with zero attached hydrogens (tertiary/aromatic N) is 1. The second-order valence-electron chi connectivity index (χ2n) is 3.57. The van der Waals surface area contributed by atoms with Crippen molar-refractivity contribution in [2.45, 2.75) is 6.04 Å². The summed E-state index contributed by atoms with van der Waals surface area (Å²) in [6.45, 7) is 1.18. The largest absolute Gasteiger partial charge is 0.480 e. The molecule has 0 aromatic rings. The van der Waals surface area contributed by atoms with E-state index in [-0.39, 0.29) is 13.1 Å². The van der Waals surface area contributed by atoms with Gasteiger partial charge < -0.3 is 15.2 Å². The Morgan fingerprint density at radius 3 is 2.82 bits per heavy atom. The van der Waals surface area contributed by atoms with Crippen LogP contribution in [0.3, 0.4) is 0 Å². The van der Waals surface area contributed by atoms with Crippen LogP contribution in [-0.2, 0) is 14.3 Å². The van der Waals surface area contributed by atoms with Crippen molar-refractivity contribution in [1.82, 2.24) is 15.5 Å². The minimum absolute atomic E-state index is 0.145. The lowest BCUT2D eigenvalue weighted by Gasteiger charge is -2.32. The quantitative estimate of drug-likeness (QED) is 0.540. The van der Waals surface area contributed by atoms with Crippen LogP contribution >= 0.6 is 0 Å². The van der Waals surface area contributed by atoms with Crippen LogP contribution in [0.1, 0.15) is 0 Å². The Morgan fingerprint density at radius 1 is 1.53 bits per heavy atom. The summed E-state index contributed by atoms with van der Waals surface area (Å²) in [4.78, 5) is 34.6. The number of carbonyl (C=O) groups is 3. The first-order chi connectivity index (χ1) is 8.04. The van der Waals surface area contributed by atoms with Gasteiger partial charge in [0, 0.05) is 19.6 Å². The molecule has 0 aromatic heterocycles. The molecule has 0 aliphatic carbocycles. The summed E-state index contributed by atoms with van der Waals surface area (Å²) >= 11 is 0. The van der Waals surface area contributed by atoms with Gasteiger partial charge in [0.15, 0.2) is 0 Å². The molecule has 17 heavy (non-hydrogen) atoms. The first-order valence-corrected chi connectivity index (χ1v) is 5.10. The fraction of sp³-hybridized carbons (Fsp3) is 0.667. The number of nitrogens with one attached hydrogen (secondary N) is 2. The van der Waals surface area contributed by atoms with Gasteiger partial charge >= 0.3 is 12.1 Å². The standard InChI is InChI=1S/C9H15N3O5/c1-17-9(16)11-7(13)5-12-3-2-10-4-6(12)8(14)15/h6,10H,2-5H2,1H3,(H,14,15)(H,11,13,16). The summed E-state index contributed by atoms with van der Waals surface area (Å²) in [5.74, 6) is -1.58. The normalized spacial score (nSPS) is 20.6. The third kappa shape index (κ3) is 4.00. The average molecular weight is 245 g/mol. The Balaban J connectivity index is 2.50. The zero-order chi connectivity index (χ0) is 12.8. The number of methoxy groups -OCH3 is 1. The molecule has 0 saturated carbocycles. The van der Waals surface area contributed by atoms with Crippen molar-refractivity contribution in [3.8, 4) is 0 Å². The van der Waals surface area contributed by atoms with Gasteiger partial charge in [-0.3, -0.25) is 19.8 Å². The van der Waals surface area contributed by atoms with Crippen LogP contribution in [0.15, 0.2) is 0 Å². The van der Waals surface area contributed by atoms with E-state index in [2.05, 4.69) is 10.1 Å². The number of carboxylic acid groups (broad SMARTS) is 1. The fourth-order valence-electron chi connectivity index (χ4n) is 1.57. The highest BCUT2D eigenvalue weighted by Crippen LogP contribution is 2.02. The predicted molar refractivity (Wildman–Crippen MR) is 56.4 cm³/mol. The molecular weight excluding hydrogens is 230 g/mol. The molecule has 8 heteroatoms. The maximum atomic E-state index is 11.4. The molecule has 0 radical (unpaired) electrons. The van der Waals surface area contributed by atoms with E-state index >= 15 is 0 Å². The van der Waals surface area contributed by atoms with Crippen LogP contribution in [0.25, 0.3) is 0 Å². The lowest BCUT2D eigenvalue weighted by atomic mass is 10.2. The van der Waals surface area contributed by atoms with E-state index in [1.165, 1.54) is 4.90 Å². The summed E-state index contributed by atoms with van der Waals surface area (Å²) in [5.41, 5.74) is 0. The van der Waals surface area contributed by atoms with Crippen LogP contribution in [0.4, 0.5) is 4.79 Å². The van der Waals surface area contributed by atoms with Gasteiger partial charge in [-0.15, -0.1) is 0 Å². The smallest absolute Gasteiger partial charge is 0.413 e. The first kappa shape index (κ1) is 13.4. The van der Waals surface area contributed by atoms with Crippen molar-refractivity contribution >= 4 is 18.0 Å². The van der Waals surface area contributed by atoms with Gasteiger partial charge in [0.1, 0.15) is 6.04 Å². The molecule has 1 fully saturated rings. The highest BCUT2D eigenvalue weighted by Gasteiger charge is 2.29. The molecule has 3 N–H and O–H groups in total. The number of aliphatic carboxylic acids is 1. The number of piperazine rings is 1. The molecule has 1 saturated heterocycles. The van der Waals surface area contributed by atoms with Crippen molar-refractivity contribution in [3.63, 3.8) is 0 Å². The Bertz CT molecular complexity index is 320. The Hall–Kier alpha value is -1.67. The third-order valence-electron chi connectivity index (χ3n) is 2.41. The highest BCUT2D eigenvalue weighted by atomic mass is 16.5. The molecule has 8 nitrogen and oxygen atoms in total. The predicted octanol–water partition coefficient (Wildman–Crippen LogP) is -1.77. The summed E-state index contributed by atoms with van der Waals surface area (Å²) in [7, 11) is 1.15. The minimum atomic E-state index is -0.997. The number of amides is 2. The minimum Gasteiger partial charge on any atom is -0.480 e. The molecule has 1 aliphatic rings. The zero-order valence-corrected chi connectivity index (χ0v) is 9.43. The van der Waals surface area contributed by atoms with Crippen molar-refractivity contribution in [2.24, 2.45) is 0 Å². The Labute approximate surface area is 97.9 Å². The molecule has 1 atom stereocenters. The van der Waals surface area contributed by atoms with Gasteiger partial charge in [0.25, 0.3) is 0 Å². The molecule has 2 amide bonds. The van der Waals surface area contributed by atoms with Crippen LogP contribution in [0, 0.1) is 0 Å². The number of rotatable bonds is 3. The highest BCUT2D eigenvalue weighted by molar-refractivity contribution is 5.93. The first-order valence-electron chi connectivity index (χ1n) is 5.10. The van der Waals surface area contributed by atoms with E-state index < -0.39 is 24.0 Å². The van der Waals surface area contributed by atoms with E-state index in [0.29, 0.717) is 13.1 Å². The number of alkyl carbamates (subject to hydrolysis) is 1. The summed E-state index contributed by atoms with van der Waals surface area (Å²) in [6.07, 6.45) is -0.850. The maximum Gasteiger partial charge on any atom is 0.413 e. The molecule has 1 rings (SSSR count). The number of carbonyl (C=O) groups excluding carboxylic acids is 2. The lowest BCUT2D eigenvalue weighted by Crippen LogP contribution is -2.57. The topological polar surface area (TPSA) is 108 Å². The number of ether oxygens (including phenoxy) is 1. The van der Waals surface area contributed by atoms with E-state index in [9.17, 15) is 14.4 Å². The van der Waals surface area contributed by atoms with Crippen LogP contribution in [0.2, 0.25) is 0 Å². The maximum absolute atomic E-state index is 11.4. The van der Waals surface area contributed by atoms with Crippen molar-refractivity contribution in [1.29, 1.82) is 0 Å². The molecule has 0 bridgehead atoms. The van der Waals surface area contributed by atoms with Gasteiger partial charge in [-0.05, 0) is 0 Å². The third-order valence-corrected chi connectivity index (χ3v) is 2.41. The summed E-state index contributed by atoms with van der Waals surface area (Å²) in [5, 5.41) is 13.9. The van der Waals surface area contributed by atoms with E-state index in [1.807, 2.05) is 5.32 Å². The van der Waals surface area contributed by atoms with Gasteiger partial charge in [-0.25, -0.2) is 4.79 Å². The summed E-state index contributed by atoms with van der Waals surface area (Å²) in [6, 6.07) is -0.757. The fourth-order valence-corrected chi connectivity index (χ4v) is 1.57. The second kappa shape index (κ2) is 6.16. The zero-order valence-electron chi connectivity index (χ0n) is 9.43. The van der Waals surface area contributed by atoms with Crippen molar-refractivity contribution in [3.05, 3.63) is 0 Å². The Morgan fingerprint density at radius 2 is 2.24 bits per heavy atom. The molecule has 0 spiro atoms. The second-order valence-corrected chi connectivity index (χ2v) is 3.57. The molecule has 0 aromatic carbocycles. The van der Waals surface area contributed by atoms with Crippen molar-refractivity contribution < 1.29 is 24.2 Å². The van der Waals surface area contributed by atoms with E-state index in [4.69, 9.17) is 5.11 Å². The molecule has 1 heterocycles. The number of hydrogen-bond acceptors (Lipinski definition) is 6. The Kier molecular flexibility index (Phi) is 4.85. The number of hydrogen-bond donors (Lipinski definition) is 3. The molecule has 1 unspecified atom stereocenters. The molecule has 1 aliphatic heterocycles. The van der Waals surface area contributed by atoms with Gasteiger partial charge in [0.05, 0.1) is 13.7 Å². The van der Waals surface area contributed by atoms with Crippen molar-refractivity contribution in [2.75, 3.05) is 33.3 Å².